The molecule has 0 unspecified atom stereocenters. The predicted molar refractivity (Wildman–Crippen MR) is 140 cm³/mol. The Kier molecular flexibility index (Phi) is 6.17. The van der Waals surface area contributed by atoms with Crippen molar-refractivity contribution in [2.24, 2.45) is 0 Å². The molecule has 0 aliphatic carbocycles. The largest absolute Gasteiger partial charge is 0.476 e. The Morgan fingerprint density at radius 2 is 1.95 bits per heavy atom. The number of carboxylic acid groups (broad SMARTS) is 1. The number of anilines is 2. The summed E-state index contributed by atoms with van der Waals surface area (Å²) in [5, 5.41) is 22.8. The third-order valence-corrected chi connectivity index (χ3v) is 6.91. The average molecular weight is 517 g/mol. The van der Waals surface area contributed by atoms with E-state index in [4.69, 9.17) is 21.6 Å². The molecule has 2 N–H and O–H groups in total. The minimum absolute atomic E-state index is 0.101. The first kappa shape index (κ1) is 24.5. The number of benzene rings is 1. The van der Waals surface area contributed by atoms with Crippen LogP contribution in [0, 0.1) is 32.1 Å². The molecule has 0 saturated heterocycles. The molecule has 4 heterocycles. The van der Waals surface area contributed by atoms with Gasteiger partial charge in [0.05, 0.1) is 35.0 Å². The van der Waals surface area contributed by atoms with Crippen LogP contribution in [0.25, 0.3) is 11.0 Å². The number of halogens is 1. The number of fused-ring (bicyclic) bond motifs is 2. The van der Waals surface area contributed by atoms with E-state index in [2.05, 4.69) is 32.8 Å². The molecular weight excluding hydrogens is 492 g/mol. The van der Waals surface area contributed by atoms with Gasteiger partial charge in [0.2, 0.25) is 0 Å². The van der Waals surface area contributed by atoms with Gasteiger partial charge in [-0.25, -0.2) is 24.7 Å². The van der Waals surface area contributed by atoms with E-state index in [1.165, 1.54) is 6.07 Å². The van der Waals surface area contributed by atoms with Crippen LogP contribution >= 0.6 is 11.6 Å². The Morgan fingerprint density at radius 1 is 1.16 bits per heavy atom. The van der Waals surface area contributed by atoms with E-state index in [0.717, 1.165) is 34.9 Å². The highest BCUT2D eigenvalue weighted by molar-refractivity contribution is 6.29. The Labute approximate surface area is 218 Å². The topological polar surface area (TPSA) is 133 Å². The van der Waals surface area contributed by atoms with Crippen LogP contribution in [0.4, 0.5) is 11.5 Å². The van der Waals surface area contributed by atoms with Gasteiger partial charge < -0.3 is 19.9 Å². The molecule has 5 rings (SSSR count). The molecule has 1 atom stereocenters. The lowest BCUT2D eigenvalue weighted by atomic mass is 10.0. The summed E-state index contributed by atoms with van der Waals surface area (Å²) < 4.78 is 2.20. The number of aryl methyl sites for hydroxylation is 2. The van der Waals surface area contributed by atoms with Gasteiger partial charge in [0, 0.05) is 24.3 Å². The number of nitrogens with zero attached hydrogens (tertiary/aromatic N) is 7. The Balaban J connectivity index is 1.57. The molecular formula is C26H25ClN8O2. The molecule has 0 fully saturated rings. The smallest absolute Gasteiger partial charge is 0.356 e. The van der Waals surface area contributed by atoms with Gasteiger partial charge in [-0.2, -0.15) is 5.26 Å². The van der Waals surface area contributed by atoms with E-state index >= 15 is 0 Å². The normalized spacial score (nSPS) is 13.8. The van der Waals surface area contributed by atoms with Crippen molar-refractivity contribution >= 4 is 40.1 Å². The fourth-order valence-electron chi connectivity index (χ4n) is 4.77. The third kappa shape index (κ3) is 4.42. The van der Waals surface area contributed by atoms with E-state index in [0.29, 0.717) is 35.6 Å². The van der Waals surface area contributed by atoms with Gasteiger partial charge in [-0.05, 0) is 51.5 Å². The second kappa shape index (κ2) is 9.33. The number of nitrogens with one attached hydrogen (secondary N) is 1. The number of carbonyl (C=O) groups is 1. The maximum Gasteiger partial charge on any atom is 0.356 e. The van der Waals surface area contributed by atoms with Crippen LogP contribution in [0.3, 0.4) is 0 Å². The summed E-state index contributed by atoms with van der Waals surface area (Å²) in [6.45, 7) is 9.86. The molecule has 188 valence electrons. The van der Waals surface area contributed by atoms with E-state index in [9.17, 15) is 15.2 Å². The first-order valence-corrected chi connectivity index (χ1v) is 12.2. The van der Waals surface area contributed by atoms with Crippen molar-refractivity contribution < 1.29 is 9.90 Å². The first-order chi connectivity index (χ1) is 17.7. The molecule has 1 aromatic carbocycles. The quantitative estimate of drug-likeness (QED) is 0.366. The minimum atomic E-state index is -1.18. The highest BCUT2D eigenvalue weighted by atomic mass is 35.5. The lowest BCUT2D eigenvalue weighted by Gasteiger charge is -2.30. The van der Waals surface area contributed by atoms with Crippen molar-refractivity contribution in [3.05, 3.63) is 69.1 Å². The molecule has 0 amide bonds. The van der Waals surface area contributed by atoms with Crippen molar-refractivity contribution in [3.8, 4) is 6.07 Å². The standard InChI is InChI=1S/C26H25ClN8O2/c1-13-9-17(15(3)29-18-5-6-21(27)32-24(18)26(36)37)23-19(10-13)31-20(11-28)25(33-23)34-7-8-35-16(4)14(2)30-22(35)12-34/h5-6,9-10,15,29H,7-8,12H2,1-4H3,(H,36,37)/t15-/m1/s1. The van der Waals surface area contributed by atoms with Crippen LogP contribution < -0.4 is 10.2 Å². The van der Waals surface area contributed by atoms with Gasteiger partial charge >= 0.3 is 5.97 Å². The van der Waals surface area contributed by atoms with Gasteiger partial charge in [0.25, 0.3) is 0 Å². The first-order valence-electron chi connectivity index (χ1n) is 11.8. The predicted octanol–water partition coefficient (Wildman–Crippen LogP) is 4.56. The maximum absolute atomic E-state index is 11.7. The molecule has 37 heavy (non-hydrogen) atoms. The fourth-order valence-corrected chi connectivity index (χ4v) is 4.91. The fraction of sp³-hybridized carbons (Fsp3) is 0.308. The van der Waals surface area contributed by atoms with Gasteiger partial charge in [0.1, 0.15) is 17.0 Å². The third-order valence-electron chi connectivity index (χ3n) is 6.70. The maximum atomic E-state index is 11.7. The van der Waals surface area contributed by atoms with Crippen molar-refractivity contribution in [2.75, 3.05) is 16.8 Å². The van der Waals surface area contributed by atoms with Crippen LogP contribution in [-0.4, -0.2) is 42.1 Å². The zero-order valence-corrected chi connectivity index (χ0v) is 21.6. The Hall–Kier alpha value is -4.23. The highest BCUT2D eigenvalue weighted by Gasteiger charge is 2.26. The minimum Gasteiger partial charge on any atom is -0.476 e. The van der Waals surface area contributed by atoms with Crippen LogP contribution in [0.15, 0.2) is 24.3 Å². The molecule has 4 aromatic rings. The molecule has 0 bridgehead atoms. The number of hydrogen-bond donors (Lipinski definition) is 2. The summed E-state index contributed by atoms with van der Waals surface area (Å²) >= 11 is 5.92. The molecule has 0 saturated carbocycles. The summed E-state index contributed by atoms with van der Waals surface area (Å²) in [7, 11) is 0. The van der Waals surface area contributed by atoms with E-state index in [1.807, 2.05) is 37.8 Å². The summed E-state index contributed by atoms with van der Waals surface area (Å²) in [6.07, 6.45) is 0. The average Bonchev–Trinajstić information content (AvgIpc) is 3.15. The van der Waals surface area contributed by atoms with Crippen LogP contribution in [0.2, 0.25) is 5.15 Å². The summed E-state index contributed by atoms with van der Waals surface area (Å²) in [5.74, 6) is 0.264. The number of pyridine rings is 1. The molecule has 1 aliphatic rings. The molecule has 10 nitrogen and oxygen atoms in total. The van der Waals surface area contributed by atoms with E-state index < -0.39 is 5.97 Å². The zero-order valence-electron chi connectivity index (χ0n) is 20.9. The number of aromatic carboxylic acids is 1. The van der Waals surface area contributed by atoms with Crippen molar-refractivity contribution in [1.29, 1.82) is 5.26 Å². The van der Waals surface area contributed by atoms with Crippen LogP contribution in [-0.2, 0) is 13.1 Å². The highest BCUT2D eigenvalue weighted by Crippen LogP contribution is 2.31. The molecule has 1 aliphatic heterocycles. The molecule has 3 aromatic heterocycles. The zero-order chi connectivity index (χ0) is 26.4. The van der Waals surface area contributed by atoms with Gasteiger partial charge in [-0.15, -0.1) is 0 Å². The SMILES string of the molecule is Cc1cc([C@@H](C)Nc2ccc(Cl)nc2C(=O)O)c2nc(N3CCn4c(nc(C)c4C)C3)c(C#N)nc2c1. The number of imidazole rings is 1. The molecule has 11 heteroatoms. The van der Waals surface area contributed by atoms with Crippen molar-refractivity contribution in [3.63, 3.8) is 0 Å². The number of hydrogen-bond acceptors (Lipinski definition) is 8. The van der Waals surface area contributed by atoms with E-state index in [1.54, 1.807) is 6.07 Å². The lowest BCUT2D eigenvalue weighted by molar-refractivity contribution is 0.0691. The number of aromatic nitrogens is 5. The Morgan fingerprint density at radius 3 is 2.68 bits per heavy atom. The van der Waals surface area contributed by atoms with Gasteiger partial charge in [-0.3, -0.25) is 0 Å². The molecule has 0 radical (unpaired) electrons. The van der Waals surface area contributed by atoms with E-state index in [-0.39, 0.29) is 22.6 Å². The van der Waals surface area contributed by atoms with Crippen LogP contribution in [0.1, 0.15) is 57.5 Å². The number of carboxylic acids is 1. The van der Waals surface area contributed by atoms with Gasteiger partial charge in [0.15, 0.2) is 17.2 Å². The number of nitriles is 1. The monoisotopic (exact) mass is 516 g/mol. The van der Waals surface area contributed by atoms with Gasteiger partial charge in [-0.1, -0.05) is 17.7 Å². The van der Waals surface area contributed by atoms with Crippen molar-refractivity contribution in [1.82, 2.24) is 24.5 Å². The van der Waals surface area contributed by atoms with Crippen molar-refractivity contribution in [2.45, 2.75) is 46.8 Å². The summed E-state index contributed by atoms with van der Waals surface area (Å²) in [4.78, 5) is 32.0. The summed E-state index contributed by atoms with van der Waals surface area (Å²) in [5.41, 5.74) is 5.59. The van der Waals surface area contributed by atoms with Crippen LogP contribution in [0.5, 0.6) is 0 Å². The lowest BCUT2D eigenvalue weighted by Crippen LogP contribution is -2.35. The Bertz CT molecular complexity index is 1610. The summed E-state index contributed by atoms with van der Waals surface area (Å²) in [6, 6.07) is 8.89. The number of rotatable bonds is 5. The second-order valence-electron chi connectivity index (χ2n) is 9.20. The molecule has 0 spiro atoms. The second-order valence-corrected chi connectivity index (χ2v) is 9.59.